The number of hydrogen-bond acceptors (Lipinski definition) is 2. The fourth-order valence-electron chi connectivity index (χ4n) is 2.91. The zero-order chi connectivity index (χ0) is 19.4. The Morgan fingerprint density at radius 2 is 1.37 bits per heavy atom. The predicted molar refractivity (Wildman–Crippen MR) is 116 cm³/mol. The van der Waals surface area contributed by atoms with Crippen LogP contribution in [0, 0.1) is 0 Å². The summed E-state index contributed by atoms with van der Waals surface area (Å²) in [5.74, 6) is -0.210. The van der Waals surface area contributed by atoms with Crippen LogP contribution in [0.3, 0.4) is 0 Å². The van der Waals surface area contributed by atoms with Crippen LogP contribution in [0.1, 0.15) is 94.3 Å². The fraction of sp³-hybridized carbons (Fsp3) is 0.560. The van der Waals surface area contributed by atoms with Gasteiger partial charge in [-0.15, -0.1) is 0 Å². The molecule has 0 radical (unpaired) electrons. The molecule has 0 atom stereocenters. The monoisotopic (exact) mass is 370 g/mol. The maximum Gasteiger partial charge on any atom is 0.338 e. The van der Waals surface area contributed by atoms with E-state index in [9.17, 15) is 4.79 Å². The van der Waals surface area contributed by atoms with Crippen LogP contribution in [0.25, 0.3) is 0 Å². The maximum absolute atomic E-state index is 11.8. The van der Waals surface area contributed by atoms with Crippen LogP contribution in [0.5, 0.6) is 0 Å². The van der Waals surface area contributed by atoms with E-state index in [1.54, 1.807) is 12.1 Å². The highest BCUT2D eigenvalue weighted by Crippen LogP contribution is 2.09. The Hall–Kier alpha value is -1.83. The Morgan fingerprint density at radius 1 is 0.778 bits per heavy atom. The van der Waals surface area contributed by atoms with Crippen molar-refractivity contribution in [3.05, 3.63) is 60.2 Å². The Morgan fingerprint density at radius 3 is 2.04 bits per heavy atom. The second-order valence-corrected chi connectivity index (χ2v) is 7.09. The summed E-state index contributed by atoms with van der Waals surface area (Å²) in [6.45, 7) is 2.78. The smallest absolute Gasteiger partial charge is 0.338 e. The molecule has 0 amide bonds. The number of allylic oxidation sites excluding steroid dienone is 4. The largest absolute Gasteiger partial charge is 0.462 e. The third-order valence-electron chi connectivity index (χ3n) is 4.59. The van der Waals surface area contributed by atoms with Gasteiger partial charge in [-0.2, -0.15) is 0 Å². The average Bonchev–Trinajstić information content (AvgIpc) is 2.70. The summed E-state index contributed by atoms with van der Waals surface area (Å²) in [4.78, 5) is 11.8. The number of esters is 1. The molecule has 0 saturated heterocycles. The first-order chi connectivity index (χ1) is 13.3. The van der Waals surface area contributed by atoms with Gasteiger partial charge in [0.05, 0.1) is 12.2 Å². The van der Waals surface area contributed by atoms with E-state index in [-0.39, 0.29) is 5.97 Å². The van der Waals surface area contributed by atoms with Crippen LogP contribution in [-0.2, 0) is 4.74 Å². The van der Waals surface area contributed by atoms with Crippen molar-refractivity contribution in [2.45, 2.75) is 84.0 Å². The van der Waals surface area contributed by atoms with Crippen molar-refractivity contribution >= 4 is 5.97 Å². The van der Waals surface area contributed by atoms with Gasteiger partial charge in [-0.25, -0.2) is 4.79 Å². The number of carbonyl (C=O) groups excluding carboxylic acids is 1. The van der Waals surface area contributed by atoms with E-state index in [1.165, 1.54) is 57.8 Å². The normalized spacial score (nSPS) is 11.4. The summed E-state index contributed by atoms with van der Waals surface area (Å²) in [5, 5.41) is 0. The molecular weight excluding hydrogens is 332 g/mol. The summed E-state index contributed by atoms with van der Waals surface area (Å²) < 4.78 is 5.29. The highest BCUT2D eigenvalue weighted by Gasteiger charge is 2.04. The molecule has 0 fully saturated rings. The number of unbranched alkanes of at least 4 members (excludes halogenated alkanes) is 9. The Labute approximate surface area is 166 Å². The first-order valence-corrected chi connectivity index (χ1v) is 10.9. The van der Waals surface area contributed by atoms with E-state index in [0.717, 1.165) is 19.3 Å². The predicted octanol–water partition coefficient (Wildman–Crippen LogP) is 7.66. The quantitative estimate of drug-likeness (QED) is 0.170. The van der Waals surface area contributed by atoms with Crippen LogP contribution < -0.4 is 0 Å². The molecule has 0 spiro atoms. The van der Waals surface area contributed by atoms with E-state index in [2.05, 4.69) is 31.2 Å². The first-order valence-electron chi connectivity index (χ1n) is 10.9. The van der Waals surface area contributed by atoms with Gasteiger partial charge >= 0.3 is 5.97 Å². The van der Waals surface area contributed by atoms with E-state index in [0.29, 0.717) is 12.2 Å². The molecule has 27 heavy (non-hydrogen) atoms. The minimum absolute atomic E-state index is 0.210. The standard InChI is InChI=1S/C25H38O2/c1-2-3-4-5-6-7-8-9-10-11-12-13-14-15-16-20-23-27-25(26)24-21-18-17-19-22-24/h6-7,9-10,17-19,21-22H,2-5,8,11-16,20,23H2,1H3. The molecule has 0 heterocycles. The molecule has 150 valence electrons. The van der Waals surface area contributed by atoms with Crippen molar-refractivity contribution in [3.8, 4) is 0 Å². The lowest BCUT2D eigenvalue weighted by atomic mass is 10.1. The maximum atomic E-state index is 11.8. The summed E-state index contributed by atoms with van der Waals surface area (Å²) in [5.41, 5.74) is 0.637. The second-order valence-electron chi connectivity index (χ2n) is 7.09. The van der Waals surface area contributed by atoms with Gasteiger partial charge in [0.25, 0.3) is 0 Å². The molecule has 1 aromatic rings. The molecule has 1 aromatic carbocycles. The van der Waals surface area contributed by atoms with Crippen LogP contribution in [-0.4, -0.2) is 12.6 Å². The fourth-order valence-corrected chi connectivity index (χ4v) is 2.91. The molecule has 0 aliphatic carbocycles. The SMILES string of the molecule is CCCCCC=CCC=CCCCCCCCCOC(=O)c1ccccc1. The van der Waals surface area contributed by atoms with Crippen molar-refractivity contribution in [1.29, 1.82) is 0 Å². The van der Waals surface area contributed by atoms with Crippen LogP contribution in [0.15, 0.2) is 54.6 Å². The number of carbonyl (C=O) groups is 1. The summed E-state index contributed by atoms with van der Waals surface area (Å²) in [6.07, 6.45) is 23.9. The van der Waals surface area contributed by atoms with Crippen molar-refractivity contribution in [2.24, 2.45) is 0 Å². The van der Waals surface area contributed by atoms with Crippen molar-refractivity contribution in [2.75, 3.05) is 6.61 Å². The van der Waals surface area contributed by atoms with Crippen LogP contribution in [0.4, 0.5) is 0 Å². The molecule has 0 saturated carbocycles. The van der Waals surface area contributed by atoms with E-state index in [1.807, 2.05) is 18.2 Å². The number of rotatable bonds is 16. The van der Waals surface area contributed by atoms with E-state index in [4.69, 9.17) is 4.74 Å². The van der Waals surface area contributed by atoms with Gasteiger partial charge in [-0.1, -0.05) is 88.0 Å². The molecule has 0 aliphatic heterocycles. The molecule has 0 unspecified atom stereocenters. The first kappa shape index (κ1) is 23.2. The Balaban J connectivity index is 1.84. The highest BCUT2D eigenvalue weighted by atomic mass is 16.5. The lowest BCUT2D eigenvalue weighted by molar-refractivity contribution is 0.0497. The van der Waals surface area contributed by atoms with Crippen molar-refractivity contribution in [3.63, 3.8) is 0 Å². The molecule has 0 bridgehead atoms. The van der Waals surface area contributed by atoms with Crippen LogP contribution >= 0.6 is 0 Å². The van der Waals surface area contributed by atoms with E-state index < -0.39 is 0 Å². The summed E-state index contributed by atoms with van der Waals surface area (Å²) in [7, 11) is 0. The molecule has 0 N–H and O–H groups in total. The van der Waals surface area contributed by atoms with Gasteiger partial charge < -0.3 is 4.74 Å². The number of benzene rings is 1. The third kappa shape index (κ3) is 14.0. The molecule has 0 aliphatic rings. The second kappa shape index (κ2) is 17.6. The van der Waals surface area contributed by atoms with Gasteiger partial charge in [-0.3, -0.25) is 0 Å². The van der Waals surface area contributed by atoms with Crippen LogP contribution in [0.2, 0.25) is 0 Å². The van der Waals surface area contributed by atoms with Gasteiger partial charge in [0.1, 0.15) is 0 Å². The lowest BCUT2D eigenvalue weighted by Crippen LogP contribution is -2.06. The average molecular weight is 371 g/mol. The number of hydrogen-bond donors (Lipinski definition) is 0. The molecule has 2 nitrogen and oxygen atoms in total. The highest BCUT2D eigenvalue weighted by molar-refractivity contribution is 5.89. The Kier molecular flexibility index (Phi) is 15.1. The molecular formula is C25H38O2. The molecule has 1 rings (SSSR count). The zero-order valence-electron chi connectivity index (χ0n) is 17.2. The molecule has 0 aromatic heterocycles. The van der Waals surface area contributed by atoms with Gasteiger partial charge in [0.2, 0.25) is 0 Å². The lowest BCUT2D eigenvalue weighted by Gasteiger charge is -2.04. The zero-order valence-corrected chi connectivity index (χ0v) is 17.2. The topological polar surface area (TPSA) is 26.3 Å². The number of ether oxygens (including phenoxy) is 1. The third-order valence-corrected chi connectivity index (χ3v) is 4.59. The van der Waals surface area contributed by atoms with Gasteiger partial charge in [-0.05, 0) is 50.7 Å². The molecule has 2 heteroatoms. The Bertz CT molecular complexity index is 516. The summed E-state index contributed by atoms with van der Waals surface area (Å²) in [6, 6.07) is 9.20. The van der Waals surface area contributed by atoms with E-state index >= 15 is 0 Å². The summed E-state index contributed by atoms with van der Waals surface area (Å²) >= 11 is 0. The minimum atomic E-state index is -0.210. The minimum Gasteiger partial charge on any atom is -0.462 e. The van der Waals surface area contributed by atoms with Crippen molar-refractivity contribution in [1.82, 2.24) is 0 Å². The van der Waals surface area contributed by atoms with Gasteiger partial charge in [0.15, 0.2) is 0 Å². The van der Waals surface area contributed by atoms with Crippen molar-refractivity contribution < 1.29 is 9.53 Å². The van der Waals surface area contributed by atoms with Gasteiger partial charge in [0, 0.05) is 0 Å².